The van der Waals surface area contributed by atoms with Gasteiger partial charge in [-0.2, -0.15) is 10.5 Å². The Labute approximate surface area is 130 Å². The summed E-state index contributed by atoms with van der Waals surface area (Å²) in [7, 11) is 0. The lowest BCUT2D eigenvalue weighted by Crippen LogP contribution is -2.00. The maximum Gasteiger partial charge on any atom is 0.269 e. The second kappa shape index (κ2) is 6.17. The number of non-ortho nitro benzene ring substituents is 1. The van der Waals surface area contributed by atoms with Gasteiger partial charge >= 0.3 is 0 Å². The van der Waals surface area contributed by atoms with Crippen molar-refractivity contribution in [3.05, 3.63) is 51.6 Å². The van der Waals surface area contributed by atoms with E-state index < -0.39 is 4.92 Å². The van der Waals surface area contributed by atoms with Crippen molar-refractivity contribution in [2.24, 2.45) is 0 Å². The third-order valence-electron chi connectivity index (χ3n) is 3.16. The van der Waals surface area contributed by atoms with Gasteiger partial charge in [0.05, 0.1) is 21.7 Å². The summed E-state index contributed by atoms with van der Waals surface area (Å²) < 4.78 is 0. The molecule has 0 heterocycles. The summed E-state index contributed by atoms with van der Waals surface area (Å²) in [5, 5.41) is 29.2. The second-order valence-electron chi connectivity index (χ2n) is 4.32. The molecule has 22 heavy (non-hydrogen) atoms. The van der Waals surface area contributed by atoms with E-state index in [1.165, 1.54) is 23.9 Å². The fourth-order valence-electron chi connectivity index (χ4n) is 2.07. The smallest absolute Gasteiger partial charge is 0.269 e. The number of nitrogen functional groups attached to an aromatic ring is 1. The molecule has 0 saturated heterocycles. The van der Waals surface area contributed by atoms with E-state index in [2.05, 4.69) is 0 Å². The lowest BCUT2D eigenvalue weighted by atomic mass is 9.96. The summed E-state index contributed by atoms with van der Waals surface area (Å²) in [5.74, 6) is 0. The molecule has 2 N–H and O–H groups in total. The molecule has 0 saturated carbocycles. The fourth-order valence-corrected chi connectivity index (χ4v) is 2.66. The number of hydrogen-bond acceptors (Lipinski definition) is 6. The highest BCUT2D eigenvalue weighted by molar-refractivity contribution is 7.98. The lowest BCUT2D eigenvalue weighted by molar-refractivity contribution is -0.384. The normalized spacial score (nSPS) is 9.77. The van der Waals surface area contributed by atoms with Crippen LogP contribution in [0.15, 0.2) is 35.2 Å². The topological polar surface area (TPSA) is 117 Å². The molecule has 2 aromatic rings. The van der Waals surface area contributed by atoms with Gasteiger partial charge in [0.15, 0.2) is 0 Å². The van der Waals surface area contributed by atoms with Crippen LogP contribution < -0.4 is 5.73 Å². The van der Waals surface area contributed by atoms with Crippen molar-refractivity contribution in [2.75, 3.05) is 12.0 Å². The van der Waals surface area contributed by atoms with E-state index in [1.54, 1.807) is 24.5 Å². The van der Waals surface area contributed by atoms with Crippen molar-refractivity contribution < 1.29 is 4.92 Å². The Morgan fingerprint density at radius 1 is 1.18 bits per heavy atom. The van der Waals surface area contributed by atoms with Crippen molar-refractivity contribution in [1.29, 1.82) is 10.5 Å². The molecule has 0 amide bonds. The molecule has 0 spiro atoms. The highest BCUT2D eigenvalue weighted by Crippen LogP contribution is 2.36. The number of nitrogens with zero attached hydrogens (tertiary/aromatic N) is 3. The standard InChI is InChI=1S/C15H10N4O2S/c1-22-14-6-11(12(7-16)15(18)13(14)8-17)9-2-4-10(5-3-9)19(20)21/h2-6H,18H2,1H3. The van der Waals surface area contributed by atoms with Crippen LogP contribution in [0.5, 0.6) is 0 Å². The van der Waals surface area contributed by atoms with Gasteiger partial charge in [-0.15, -0.1) is 11.8 Å². The molecule has 0 aromatic heterocycles. The fraction of sp³-hybridized carbons (Fsp3) is 0.0667. The van der Waals surface area contributed by atoms with Crippen LogP contribution in [0.3, 0.4) is 0 Å². The van der Waals surface area contributed by atoms with Crippen molar-refractivity contribution >= 4 is 23.1 Å². The Balaban J connectivity index is 2.70. The SMILES string of the molecule is CSc1cc(-c2ccc([N+](=O)[O-])cc2)c(C#N)c(N)c1C#N. The summed E-state index contributed by atoms with van der Waals surface area (Å²) in [5.41, 5.74) is 7.68. The molecule has 0 radical (unpaired) electrons. The number of nitro groups is 1. The Bertz CT molecular complexity index is 833. The molecule has 0 bridgehead atoms. The Morgan fingerprint density at radius 2 is 1.77 bits per heavy atom. The van der Waals surface area contributed by atoms with E-state index in [4.69, 9.17) is 5.73 Å². The molecule has 2 rings (SSSR count). The van der Waals surface area contributed by atoms with Crippen LogP contribution in [0.25, 0.3) is 11.1 Å². The minimum absolute atomic E-state index is 0.0334. The number of anilines is 1. The Morgan fingerprint density at radius 3 is 2.23 bits per heavy atom. The van der Waals surface area contributed by atoms with Gasteiger partial charge in [-0.3, -0.25) is 10.1 Å². The molecule has 7 heteroatoms. The monoisotopic (exact) mass is 310 g/mol. The molecular formula is C15H10N4O2S. The second-order valence-corrected chi connectivity index (χ2v) is 5.17. The summed E-state index contributed by atoms with van der Waals surface area (Å²) in [4.78, 5) is 10.9. The predicted molar refractivity (Wildman–Crippen MR) is 84.2 cm³/mol. The summed E-state index contributed by atoms with van der Waals surface area (Å²) in [6.45, 7) is 0. The van der Waals surface area contributed by atoms with E-state index in [1.807, 2.05) is 12.1 Å². The van der Waals surface area contributed by atoms with Gasteiger partial charge in [0.25, 0.3) is 5.69 Å². The summed E-state index contributed by atoms with van der Waals surface area (Å²) in [6, 6.07) is 11.6. The highest BCUT2D eigenvalue weighted by atomic mass is 32.2. The third-order valence-corrected chi connectivity index (χ3v) is 3.92. The molecule has 0 aliphatic heterocycles. The predicted octanol–water partition coefficient (Wildman–Crippen LogP) is 3.31. The lowest BCUT2D eigenvalue weighted by Gasteiger charge is -2.12. The van der Waals surface area contributed by atoms with E-state index >= 15 is 0 Å². The zero-order valence-corrected chi connectivity index (χ0v) is 12.3. The minimum Gasteiger partial charge on any atom is -0.397 e. The first-order chi connectivity index (χ1) is 10.5. The van der Waals surface area contributed by atoms with Gasteiger partial charge in [-0.05, 0) is 30.0 Å². The van der Waals surface area contributed by atoms with Gasteiger partial charge in [0.2, 0.25) is 0 Å². The first-order valence-electron chi connectivity index (χ1n) is 6.09. The van der Waals surface area contributed by atoms with Crippen molar-refractivity contribution in [1.82, 2.24) is 0 Å². The molecule has 0 fully saturated rings. The van der Waals surface area contributed by atoms with E-state index in [-0.39, 0.29) is 22.5 Å². The van der Waals surface area contributed by atoms with Gasteiger partial charge in [0.1, 0.15) is 12.1 Å². The van der Waals surface area contributed by atoms with Crippen LogP contribution >= 0.6 is 11.8 Å². The number of thioether (sulfide) groups is 1. The zero-order valence-electron chi connectivity index (χ0n) is 11.5. The largest absolute Gasteiger partial charge is 0.397 e. The van der Waals surface area contributed by atoms with Crippen LogP contribution in [0.2, 0.25) is 0 Å². The first-order valence-corrected chi connectivity index (χ1v) is 7.31. The van der Waals surface area contributed by atoms with Gasteiger partial charge < -0.3 is 5.73 Å². The third kappa shape index (κ3) is 2.58. The highest BCUT2D eigenvalue weighted by Gasteiger charge is 2.17. The van der Waals surface area contributed by atoms with Gasteiger partial charge in [-0.25, -0.2) is 0 Å². The first kappa shape index (κ1) is 15.4. The summed E-state index contributed by atoms with van der Waals surface area (Å²) in [6.07, 6.45) is 1.81. The number of hydrogen-bond donors (Lipinski definition) is 1. The number of benzene rings is 2. The molecule has 108 valence electrons. The average molecular weight is 310 g/mol. The molecule has 0 aliphatic rings. The number of nitriles is 2. The Kier molecular flexibility index (Phi) is 4.31. The van der Waals surface area contributed by atoms with E-state index in [0.717, 1.165) is 0 Å². The van der Waals surface area contributed by atoms with Crippen LogP contribution in [0.4, 0.5) is 11.4 Å². The maximum absolute atomic E-state index is 10.7. The summed E-state index contributed by atoms with van der Waals surface area (Å²) >= 11 is 1.35. The zero-order chi connectivity index (χ0) is 16.3. The number of nitrogens with two attached hydrogens (primary N) is 1. The van der Waals surface area contributed by atoms with Crippen molar-refractivity contribution in [2.45, 2.75) is 4.90 Å². The average Bonchev–Trinajstić information content (AvgIpc) is 2.53. The quantitative estimate of drug-likeness (QED) is 0.402. The minimum atomic E-state index is -0.491. The van der Waals surface area contributed by atoms with Crippen LogP contribution in [0.1, 0.15) is 11.1 Å². The van der Waals surface area contributed by atoms with Crippen LogP contribution in [-0.2, 0) is 0 Å². The molecule has 2 aromatic carbocycles. The molecular weight excluding hydrogens is 300 g/mol. The molecule has 6 nitrogen and oxygen atoms in total. The maximum atomic E-state index is 10.7. The van der Waals surface area contributed by atoms with Crippen molar-refractivity contribution in [3.63, 3.8) is 0 Å². The van der Waals surface area contributed by atoms with Gasteiger partial charge in [-0.1, -0.05) is 0 Å². The van der Waals surface area contributed by atoms with Gasteiger partial charge in [0, 0.05) is 22.6 Å². The van der Waals surface area contributed by atoms with E-state index in [0.29, 0.717) is 16.0 Å². The Hall–Kier alpha value is -3.03. The molecule has 0 atom stereocenters. The number of nitro benzene ring substituents is 1. The van der Waals surface area contributed by atoms with Crippen molar-refractivity contribution in [3.8, 4) is 23.3 Å². The number of rotatable bonds is 3. The molecule has 0 unspecified atom stereocenters. The van der Waals surface area contributed by atoms with Crippen LogP contribution in [-0.4, -0.2) is 11.2 Å². The van der Waals surface area contributed by atoms with E-state index in [9.17, 15) is 20.6 Å². The van der Waals surface area contributed by atoms with Crippen LogP contribution in [0, 0.1) is 32.8 Å². The molecule has 0 aliphatic carbocycles.